The van der Waals surface area contributed by atoms with Crippen LogP contribution < -0.4 is 0 Å². The Morgan fingerprint density at radius 3 is 2.64 bits per heavy atom. The average Bonchev–Trinajstić information content (AvgIpc) is 2.72. The maximum atomic E-state index is 13.5. The van der Waals surface area contributed by atoms with Crippen LogP contribution in [0.15, 0.2) is 48.9 Å². The number of benzene rings is 1. The highest BCUT2D eigenvalue weighted by Gasteiger charge is 2.13. The SMILES string of the molecule is O=C(CCN1CCCCC1)Cc1cc2cc(-c3cncc(F)c3)ccc2cn1. The average molecular weight is 377 g/mol. The summed E-state index contributed by atoms with van der Waals surface area (Å²) in [5.74, 6) is -0.129. The van der Waals surface area contributed by atoms with E-state index in [9.17, 15) is 9.18 Å². The van der Waals surface area contributed by atoms with Gasteiger partial charge < -0.3 is 4.90 Å². The van der Waals surface area contributed by atoms with Gasteiger partial charge >= 0.3 is 0 Å². The van der Waals surface area contributed by atoms with Gasteiger partial charge in [0.15, 0.2) is 0 Å². The van der Waals surface area contributed by atoms with E-state index in [2.05, 4.69) is 14.9 Å². The molecular weight excluding hydrogens is 353 g/mol. The lowest BCUT2D eigenvalue weighted by atomic mass is 10.0. The Balaban J connectivity index is 1.46. The number of nitrogens with zero attached hydrogens (tertiary/aromatic N) is 3. The second-order valence-corrected chi connectivity index (χ2v) is 7.50. The van der Waals surface area contributed by atoms with Gasteiger partial charge in [0.1, 0.15) is 11.6 Å². The minimum atomic E-state index is -0.354. The number of fused-ring (bicyclic) bond motifs is 1. The topological polar surface area (TPSA) is 46.1 Å². The molecule has 0 unspecified atom stereocenters. The van der Waals surface area contributed by atoms with Gasteiger partial charge in [0.25, 0.3) is 0 Å². The molecule has 0 amide bonds. The van der Waals surface area contributed by atoms with E-state index in [4.69, 9.17) is 0 Å². The van der Waals surface area contributed by atoms with Crippen molar-refractivity contribution in [3.63, 3.8) is 0 Å². The summed E-state index contributed by atoms with van der Waals surface area (Å²) in [5, 5.41) is 1.99. The van der Waals surface area contributed by atoms with Crippen LogP contribution in [0.5, 0.6) is 0 Å². The van der Waals surface area contributed by atoms with Crippen molar-refractivity contribution in [1.82, 2.24) is 14.9 Å². The molecule has 1 aromatic carbocycles. The molecule has 5 heteroatoms. The third-order valence-corrected chi connectivity index (χ3v) is 5.35. The summed E-state index contributed by atoms with van der Waals surface area (Å²) in [4.78, 5) is 23.2. The zero-order valence-corrected chi connectivity index (χ0v) is 15.9. The quantitative estimate of drug-likeness (QED) is 0.638. The van der Waals surface area contributed by atoms with Gasteiger partial charge in [-0.15, -0.1) is 0 Å². The van der Waals surface area contributed by atoms with Gasteiger partial charge in [0.05, 0.1) is 6.20 Å². The monoisotopic (exact) mass is 377 g/mol. The van der Waals surface area contributed by atoms with Gasteiger partial charge in [-0.1, -0.05) is 18.6 Å². The van der Waals surface area contributed by atoms with Crippen molar-refractivity contribution in [2.45, 2.75) is 32.1 Å². The van der Waals surface area contributed by atoms with Gasteiger partial charge in [-0.2, -0.15) is 0 Å². The first kappa shape index (κ1) is 18.7. The predicted octanol–water partition coefficient (Wildman–Crippen LogP) is 4.42. The number of halogens is 1. The second kappa shape index (κ2) is 8.57. The van der Waals surface area contributed by atoms with Crippen molar-refractivity contribution < 1.29 is 9.18 Å². The molecule has 0 spiro atoms. The van der Waals surface area contributed by atoms with E-state index in [1.54, 1.807) is 12.4 Å². The number of hydrogen-bond donors (Lipinski definition) is 0. The molecule has 1 saturated heterocycles. The molecule has 1 aliphatic rings. The zero-order chi connectivity index (χ0) is 19.3. The van der Waals surface area contributed by atoms with Crippen LogP contribution in [0.25, 0.3) is 21.9 Å². The number of carbonyl (C=O) groups excluding carboxylic acids is 1. The Hall–Kier alpha value is -2.66. The van der Waals surface area contributed by atoms with Gasteiger partial charge in [-0.3, -0.25) is 14.8 Å². The molecule has 144 valence electrons. The summed E-state index contributed by atoms with van der Waals surface area (Å²) >= 11 is 0. The third-order valence-electron chi connectivity index (χ3n) is 5.35. The van der Waals surface area contributed by atoms with E-state index >= 15 is 0 Å². The smallest absolute Gasteiger partial charge is 0.142 e. The maximum absolute atomic E-state index is 13.5. The molecule has 2 aromatic heterocycles. The number of rotatable bonds is 6. The Kier molecular flexibility index (Phi) is 5.72. The van der Waals surface area contributed by atoms with Crippen LogP contribution in [0.3, 0.4) is 0 Å². The lowest BCUT2D eigenvalue weighted by Gasteiger charge is -2.25. The third kappa shape index (κ3) is 4.60. The fraction of sp³-hybridized carbons (Fsp3) is 0.348. The van der Waals surface area contributed by atoms with Gasteiger partial charge in [-0.05, 0) is 55.1 Å². The lowest BCUT2D eigenvalue weighted by Crippen LogP contribution is -2.31. The fourth-order valence-electron chi connectivity index (χ4n) is 3.79. The first-order valence-corrected chi connectivity index (χ1v) is 9.91. The summed E-state index contributed by atoms with van der Waals surface area (Å²) in [6.07, 6.45) is 9.37. The maximum Gasteiger partial charge on any atom is 0.142 e. The van der Waals surface area contributed by atoms with Crippen LogP contribution in [0.1, 0.15) is 31.4 Å². The summed E-state index contributed by atoms with van der Waals surface area (Å²) in [6, 6.07) is 9.33. The normalized spacial score (nSPS) is 15.0. The number of likely N-dealkylation sites (tertiary alicyclic amines) is 1. The summed E-state index contributed by atoms with van der Waals surface area (Å²) in [6.45, 7) is 3.07. The molecule has 3 heterocycles. The minimum Gasteiger partial charge on any atom is -0.303 e. The largest absolute Gasteiger partial charge is 0.303 e. The first-order valence-electron chi connectivity index (χ1n) is 9.91. The van der Waals surface area contributed by atoms with Crippen molar-refractivity contribution >= 4 is 16.6 Å². The lowest BCUT2D eigenvalue weighted by molar-refractivity contribution is -0.118. The van der Waals surface area contributed by atoms with Gasteiger partial charge in [-0.25, -0.2) is 4.39 Å². The molecule has 28 heavy (non-hydrogen) atoms. The van der Waals surface area contributed by atoms with Crippen molar-refractivity contribution in [3.8, 4) is 11.1 Å². The molecule has 1 fully saturated rings. The number of ketones is 1. The molecule has 0 radical (unpaired) electrons. The highest BCUT2D eigenvalue weighted by atomic mass is 19.1. The fourth-order valence-corrected chi connectivity index (χ4v) is 3.79. The Bertz CT molecular complexity index is 982. The number of piperidine rings is 1. The molecule has 0 atom stereocenters. The van der Waals surface area contributed by atoms with E-state index < -0.39 is 0 Å². The first-order chi connectivity index (χ1) is 13.7. The van der Waals surface area contributed by atoms with E-state index in [0.29, 0.717) is 12.8 Å². The summed E-state index contributed by atoms with van der Waals surface area (Å²) in [7, 11) is 0. The molecule has 1 aliphatic heterocycles. The molecule has 0 N–H and O–H groups in total. The Morgan fingerprint density at radius 1 is 0.964 bits per heavy atom. The van der Waals surface area contributed by atoms with Crippen LogP contribution >= 0.6 is 0 Å². The van der Waals surface area contributed by atoms with Gasteiger partial charge in [0, 0.05) is 48.4 Å². The number of aromatic nitrogens is 2. The van der Waals surface area contributed by atoms with E-state index in [1.165, 1.54) is 31.5 Å². The Labute approximate surface area is 164 Å². The van der Waals surface area contributed by atoms with Gasteiger partial charge in [0.2, 0.25) is 0 Å². The van der Waals surface area contributed by atoms with E-state index in [1.807, 2.05) is 24.3 Å². The molecule has 3 aromatic rings. The number of Topliss-reactive ketones (excluding diaryl/α,β-unsaturated/α-hetero) is 1. The van der Waals surface area contributed by atoms with E-state index in [-0.39, 0.29) is 11.6 Å². The highest BCUT2D eigenvalue weighted by Crippen LogP contribution is 2.24. The minimum absolute atomic E-state index is 0.225. The molecular formula is C23H24FN3O. The highest BCUT2D eigenvalue weighted by molar-refractivity contribution is 5.88. The summed E-state index contributed by atoms with van der Waals surface area (Å²) in [5.41, 5.74) is 2.41. The van der Waals surface area contributed by atoms with E-state index in [0.717, 1.165) is 47.2 Å². The van der Waals surface area contributed by atoms with Crippen molar-refractivity contribution in [3.05, 3.63) is 60.4 Å². The molecule has 4 rings (SSSR count). The number of carbonyl (C=O) groups is 1. The van der Waals surface area contributed by atoms with Crippen LogP contribution in [-0.2, 0) is 11.2 Å². The molecule has 0 aliphatic carbocycles. The van der Waals surface area contributed by atoms with Crippen LogP contribution in [0, 0.1) is 5.82 Å². The van der Waals surface area contributed by atoms with Crippen molar-refractivity contribution in [2.75, 3.05) is 19.6 Å². The second-order valence-electron chi connectivity index (χ2n) is 7.50. The van der Waals surface area contributed by atoms with Crippen LogP contribution in [0.4, 0.5) is 4.39 Å². The number of hydrogen-bond acceptors (Lipinski definition) is 4. The van der Waals surface area contributed by atoms with Crippen molar-refractivity contribution in [1.29, 1.82) is 0 Å². The van der Waals surface area contributed by atoms with Crippen molar-refractivity contribution in [2.24, 2.45) is 0 Å². The molecule has 0 bridgehead atoms. The number of pyridine rings is 2. The standard InChI is InChI=1S/C23H24FN3O/c24-21-11-20(14-25-16-21)17-4-5-18-15-26-22(12-19(18)10-17)13-23(28)6-9-27-7-2-1-3-8-27/h4-5,10-12,14-16H,1-3,6-9,13H2. The molecule has 4 nitrogen and oxygen atoms in total. The van der Waals surface area contributed by atoms with Crippen LogP contribution in [0.2, 0.25) is 0 Å². The predicted molar refractivity (Wildman–Crippen MR) is 109 cm³/mol. The Morgan fingerprint density at radius 2 is 1.82 bits per heavy atom. The zero-order valence-electron chi connectivity index (χ0n) is 15.9. The molecule has 0 saturated carbocycles. The van der Waals surface area contributed by atoms with Crippen LogP contribution in [-0.4, -0.2) is 40.3 Å². The summed E-state index contributed by atoms with van der Waals surface area (Å²) < 4.78 is 13.5.